The summed E-state index contributed by atoms with van der Waals surface area (Å²) in [6, 6.07) is -0.634. The Morgan fingerprint density at radius 1 is 0.351 bits per heavy atom. The van der Waals surface area contributed by atoms with Gasteiger partial charge in [-0.25, -0.2) is 0 Å². The van der Waals surface area contributed by atoms with Crippen LogP contribution in [-0.4, -0.2) is 47.4 Å². The molecule has 0 spiro atoms. The summed E-state index contributed by atoms with van der Waals surface area (Å²) in [5.41, 5.74) is 0. The Balaban J connectivity index is 3.43. The smallest absolute Gasteiger partial charge is 0.305 e. The van der Waals surface area contributed by atoms with Crippen LogP contribution in [0.2, 0.25) is 0 Å². The van der Waals surface area contributed by atoms with E-state index >= 15 is 0 Å². The Bertz CT molecular complexity index is 1200. The second-order valence-corrected chi connectivity index (χ2v) is 24.2. The number of hydrogen-bond acceptors (Lipinski definition) is 5. The van der Waals surface area contributed by atoms with Crippen molar-refractivity contribution < 1.29 is 24.5 Å². The Hall–Kier alpha value is -1.66. The molecule has 3 N–H and O–H groups in total. The van der Waals surface area contributed by atoms with Crippen molar-refractivity contribution in [3.8, 4) is 0 Å². The highest BCUT2D eigenvalue weighted by Crippen LogP contribution is 2.19. The lowest BCUT2D eigenvalue weighted by molar-refractivity contribution is -0.143. The first-order valence-corrected chi connectivity index (χ1v) is 35.1. The van der Waals surface area contributed by atoms with Crippen LogP contribution in [0.4, 0.5) is 0 Å². The number of nitrogens with one attached hydrogen (secondary N) is 1. The number of unbranched alkanes of at least 4 members (excludes halogenated alkanes) is 53. The van der Waals surface area contributed by atoms with Crippen LogP contribution in [0.3, 0.4) is 0 Å². The number of carbonyl (C=O) groups excluding carboxylic acids is 2. The highest BCUT2D eigenvalue weighted by molar-refractivity contribution is 5.76. The van der Waals surface area contributed by atoms with E-state index in [-0.39, 0.29) is 18.5 Å². The zero-order valence-corrected chi connectivity index (χ0v) is 52.2. The second-order valence-electron chi connectivity index (χ2n) is 24.2. The molecule has 0 radical (unpaired) electrons. The van der Waals surface area contributed by atoms with E-state index in [1.807, 2.05) is 6.08 Å². The van der Waals surface area contributed by atoms with Crippen molar-refractivity contribution in [2.45, 2.75) is 405 Å². The average Bonchev–Trinajstić information content (AvgIpc) is 3.43. The van der Waals surface area contributed by atoms with Crippen molar-refractivity contribution in [2.75, 3.05) is 13.2 Å². The van der Waals surface area contributed by atoms with Crippen molar-refractivity contribution in [3.63, 3.8) is 0 Å². The molecular formula is C71H137NO5. The first-order valence-electron chi connectivity index (χ1n) is 35.1. The quantitative estimate of drug-likeness (QED) is 0.0320. The molecule has 0 aliphatic carbocycles. The summed E-state index contributed by atoms with van der Waals surface area (Å²) < 4.78 is 5.50. The van der Waals surface area contributed by atoms with Crippen LogP contribution in [0.5, 0.6) is 0 Å². The Kier molecular flexibility index (Phi) is 65.4. The van der Waals surface area contributed by atoms with Crippen molar-refractivity contribution in [1.29, 1.82) is 0 Å². The number of ether oxygens (including phenoxy) is 1. The fourth-order valence-corrected chi connectivity index (χ4v) is 11.1. The van der Waals surface area contributed by atoms with Crippen LogP contribution in [-0.2, 0) is 14.3 Å². The SMILES string of the molecule is CCCCCCCCCCCCCCCCCCCCCC/C=C/C(O)C(CO)NC(=O)CCCCCCCCC/C=C\CCCCCCCCCCCCCOC(=O)CCCCCCCCCCCCCCCCCC. The van der Waals surface area contributed by atoms with E-state index in [9.17, 15) is 19.8 Å². The molecule has 0 aliphatic heterocycles. The van der Waals surface area contributed by atoms with Gasteiger partial charge >= 0.3 is 5.97 Å². The molecule has 0 saturated heterocycles. The third kappa shape index (κ3) is 63.4. The van der Waals surface area contributed by atoms with Gasteiger partial charge in [0.15, 0.2) is 0 Å². The standard InChI is InChI=1S/C71H137NO5/c1-3-5-7-9-11-13-15-17-19-21-22-23-26-29-32-35-39-43-47-51-55-59-63-69(74)68(67-73)72-70(75)64-60-56-52-48-44-40-36-33-30-27-24-25-28-31-34-38-42-46-50-54-58-62-66-77-71(76)65-61-57-53-49-45-41-37-20-18-16-14-12-10-8-6-4-2/h27,30,59,63,68-69,73-74H,3-26,28-29,31-58,60-62,64-67H2,1-2H3,(H,72,75)/b30-27-,63-59+. The summed E-state index contributed by atoms with van der Waals surface area (Å²) in [6.45, 7) is 4.94. The predicted octanol–water partition coefficient (Wildman–Crippen LogP) is 22.5. The van der Waals surface area contributed by atoms with Crippen LogP contribution >= 0.6 is 0 Å². The van der Waals surface area contributed by atoms with E-state index in [1.165, 1.54) is 321 Å². The van der Waals surface area contributed by atoms with Crippen molar-refractivity contribution in [2.24, 2.45) is 0 Å². The topological polar surface area (TPSA) is 95.9 Å². The fourth-order valence-electron chi connectivity index (χ4n) is 11.1. The van der Waals surface area contributed by atoms with Crippen LogP contribution in [0, 0.1) is 0 Å². The Morgan fingerprint density at radius 3 is 0.922 bits per heavy atom. The Morgan fingerprint density at radius 2 is 0.610 bits per heavy atom. The van der Waals surface area contributed by atoms with Gasteiger partial charge in [0.1, 0.15) is 0 Å². The minimum Gasteiger partial charge on any atom is -0.466 e. The van der Waals surface area contributed by atoms with Gasteiger partial charge in [-0.15, -0.1) is 0 Å². The molecule has 6 nitrogen and oxygen atoms in total. The number of carbonyl (C=O) groups is 2. The highest BCUT2D eigenvalue weighted by Gasteiger charge is 2.18. The fraction of sp³-hybridized carbons (Fsp3) is 0.915. The van der Waals surface area contributed by atoms with Crippen molar-refractivity contribution in [3.05, 3.63) is 24.3 Å². The van der Waals surface area contributed by atoms with Crippen molar-refractivity contribution >= 4 is 11.9 Å². The molecule has 77 heavy (non-hydrogen) atoms. The van der Waals surface area contributed by atoms with E-state index < -0.39 is 12.1 Å². The first kappa shape index (κ1) is 75.3. The summed E-state index contributed by atoms with van der Waals surface area (Å²) in [7, 11) is 0. The molecule has 0 heterocycles. The van der Waals surface area contributed by atoms with Crippen LogP contribution in [0.15, 0.2) is 24.3 Å². The number of aliphatic hydroxyl groups is 2. The molecule has 0 saturated carbocycles. The van der Waals surface area contributed by atoms with Crippen LogP contribution in [0.25, 0.3) is 0 Å². The maximum Gasteiger partial charge on any atom is 0.305 e. The van der Waals surface area contributed by atoms with Gasteiger partial charge in [-0.3, -0.25) is 9.59 Å². The number of esters is 1. The monoisotopic (exact) mass is 1080 g/mol. The van der Waals surface area contributed by atoms with Gasteiger partial charge < -0.3 is 20.3 Å². The second kappa shape index (κ2) is 66.8. The largest absolute Gasteiger partial charge is 0.466 e. The van der Waals surface area contributed by atoms with Gasteiger partial charge in [0, 0.05) is 12.8 Å². The van der Waals surface area contributed by atoms with Gasteiger partial charge in [0.25, 0.3) is 0 Å². The lowest BCUT2D eigenvalue weighted by Crippen LogP contribution is -2.45. The summed E-state index contributed by atoms with van der Waals surface area (Å²) in [6.07, 6.45) is 83.9. The van der Waals surface area contributed by atoms with E-state index in [4.69, 9.17) is 4.74 Å². The molecule has 0 aromatic carbocycles. The molecule has 0 rings (SSSR count). The lowest BCUT2D eigenvalue weighted by Gasteiger charge is -2.20. The van der Waals surface area contributed by atoms with Gasteiger partial charge in [0.05, 0.1) is 25.4 Å². The zero-order chi connectivity index (χ0) is 55.7. The molecule has 0 aliphatic rings. The van der Waals surface area contributed by atoms with E-state index in [2.05, 4.69) is 31.3 Å². The third-order valence-corrected chi connectivity index (χ3v) is 16.5. The van der Waals surface area contributed by atoms with Gasteiger partial charge in [-0.05, 0) is 57.8 Å². The molecular weight excluding hydrogens is 947 g/mol. The maximum absolute atomic E-state index is 12.5. The molecule has 1 amide bonds. The van der Waals surface area contributed by atoms with Crippen molar-refractivity contribution in [1.82, 2.24) is 5.32 Å². The normalized spacial score (nSPS) is 12.6. The van der Waals surface area contributed by atoms with E-state index in [1.54, 1.807) is 6.08 Å². The number of aliphatic hydroxyl groups excluding tert-OH is 2. The maximum atomic E-state index is 12.5. The molecule has 0 fully saturated rings. The molecule has 0 bridgehead atoms. The summed E-state index contributed by atoms with van der Waals surface area (Å²) in [5.74, 6) is -0.0572. The van der Waals surface area contributed by atoms with Crippen LogP contribution in [0.1, 0.15) is 393 Å². The highest BCUT2D eigenvalue weighted by atomic mass is 16.5. The van der Waals surface area contributed by atoms with Gasteiger partial charge in [0.2, 0.25) is 5.91 Å². The predicted molar refractivity (Wildman–Crippen MR) is 338 cm³/mol. The molecule has 0 aromatic heterocycles. The molecule has 456 valence electrons. The minimum atomic E-state index is -0.850. The summed E-state index contributed by atoms with van der Waals surface area (Å²) in [4.78, 5) is 24.6. The molecule has 2 atom stereocenters. The number of rotatable bonds is 66. The third-order valence-electron chi connectivity index (χ3n) is 16.5. The minimum absolute atomic E-state index is 0.0137. The first-order chi connectivity index (χ1) is 38.0. The van der Waals surface area contributed by atoms with E-state index in [0.29, 0.717) is 19.4 Å². The number of hydrogen-bond donors (Lipinski definition) is 3. The zero-order valence-electron chi connectivity index (χ0n) is 52.2. The summed E-state index contributed by atoms with van der Waals surface area (Å²) in [5, 5.41) is 23.2. The average molecular weight is 1080 g/mol. The molecule has 6 heteroatoms. The van der Waals surface area contributed by atoms with Gasteiger partial charge in [-0.2, -0.15) is 0 Å². The molecule has 0 aromatic rings. The Labute approximate surface area is 481 Å². The van der Waals surface area contributed by atoms with E-state index in [0.717, 1.165) is 44.9 Å². The number of amides is 1. The summed E-state index contributed by atoms with van der Waals surface area (Å²) >= 11 is 0. The van der Waals surface area contributed by atoms with Gasteiger partial charge in [-0.1, -0.05) is 346 Å². The molecule has 2 unspecified atom stereocenters. The lowest BCUT2D eigenvalue weighted by atomic mass is 10.0. The number of allylic oxidation sites excluding steroid dienone is 3. The van der Waals surface area contributed by atoms with Crippen LogP contribution < -0.4 is 5.32 Å².